The van der Waals surface area contributed by atoms with Crippen LogP contribution in [0.5, 0.6) is 0 Å². The van der Waals surface area contributed by atoms with Gasteiger partial charge in [-0.05, 0) is 12.8 Å². The fraction of sp³-hybridized carbons (Fsp3) is 0.909. The highest BCUT2D eigenvalue weighted by Gasteiger charge is 2.29. The number of ether oxygens (including phenoxy) is 1. The molecule has 0 saturated heterocycles. The molecule has 5 heteroatoms. The number of aliphatic hydroxyl groups excluding tert-OH is 1. The van der Waals surface area contributed by atoms with E-state index in [1.807, 2.05) is 0 Å². The van der Waals surface area contributed by atoms with Gasteiger partial charge in [0.1, 0.15) is 6.04 Å². The molecule has 1 amide bonds. The van der Waals surface area contributed by atoms with Crippen molar-refractivity contribution >= 4 is 5.91 Å². The molecule has 1 aliphatic rings. The van der Waals surface area contributed by atoms with Gasteiger partial charge in [0.05, 0.1) is 13.2 Å². The summed E-state index contributed by atoms with van der Waals surface area (Å²) in [5, 5.41) is 8.99. The molecule has 3 N–H and O–H groups in total. The molecule has 16 heavy (non-hydrogen) atoms. The first-order chi connectivity index (χ1) is 7.70. The van der Waals surface area contributed by atoms with Crippen LogP contribution in [0.2, 0.25) is 0 Å². The van der Waals surface area contributed by atoms with Crippen molar-refractivity contribution in [2.24, 2.45) is 5.73 Å². The van der Waals surface area contributed by atoms with Gasteiger partial charge in [0.2, 0.25) is 5.91 Å². The van der Waals surface area contributed by atoms with Gasteiger partial charge >= 0.3 is 0 Å². The monoisotopic (exact) mass is 230 g/mol. The van der Waals surface area contributed by atoms with Gasteiger partial charge in [-0.25, -0.2) is 0 Å². The molecule has 1 unspecified atom stereocenters. The minimum atomic E-state index is -0.614. The predicted molar refractivity (Wildman–Crippen MR) is 60.9 cm³/mol. The Morgan fingerprint density at radius 2 is 2.19 bits per heavy atom. The molecule has 1 saturated carbocycles. The Balaban J connectivity index is 2.56. The summed E-state index contributed by atoms with van der Waals surface area (Å²) >= 11 is 0. The van der Waals surface area contributed by atoms with Crippen molar-refractivity contribution in [2.75, 3.05) is 26.9 Å². The molecule has 0 aliphatic heterocycles. The lowest BCUT2D eigenvalue weighted by Gasteiger charge is -2.30. The van der Waals surface area contributed by atoms with E-state index in [0.29, 0.717) is 6.54 Å². The average Bonchev–Trinajstić information content (AvgIpc) is 2.78. The summed E-state index contributed by atoms with van der Waals surface area (Å²) in [5.74, 6) is -0.109. The third-order valence-corrected chi connectivity index (χ3v) is 3.05. The molecule has 94 valence electrons. The standard InChI is InChI=1S/C11H22N2O3/c1-16-8-10(12)11(15)13(6-7-14)9-4-2-3-5-9/h9-10,14H,2-8,12H2,1H3. The van der Waals surface area contributed by atoms with Crippen molar-refractivity contribution < 1.29 is 14.6 Å². The maximum absolute atomic E-state index is 12.0. The summed E-state index contributed by atoms with van der Waals surface area (Å²) in [6.07, 6.45) is 4.34. The van der Waals surface area contributed by atoms with Crippen LogP contribution in [0.15, 0.2) is 0 Å². The molecular formula is C11H22N2O3. The molecule has 0 aromatic carbocycles. The minimum absolute atomic E-state index is 0.0120. The Kier molecular flexibility index (Phi) is 5.73. The van der Waals surface area contributed by atoms with E-state index in [0.717, 1.165) is 25.7 Å². The van der Waals surface area contributed by atoms with E-state index in [1.54, 1.807) is 4.90 Å². The molecule has 0 bridgehead atoms. The van der Waals surface area contributed by atoms with Gasteiger partial charge in [-0.15, -0.1) is 0 Å². The first-order valence-electron chi connectivity index (χ1n) is 5.86. The van der Waals surface area contributed by atoms with E-state index in [4.69, 9.17) is 15.6 Å². The van der Waals surface area contributed by atoms with Gasteiger partial charge in [0, 0.05) is 19.7 Å². The van der Waals surface area contributed by atoms with Crippen molar-refractivity contribution in [3.63, 3.8) is 0 Å². The van der Waals surface area contributed by atoms with E-state index < -0.39 is 6.04 Å². The summed E-state index contributed by atoms with van der Waals surface area (Å²) in [7, 11) is 1.53. The Hall–Kier alpha value is -0.650. The van der Waals surface area contributed by atoms with Gasteiger partial charge in [0.25, 0.3) is 0 Å². The number of aliphatic hydroxyl groups is 1. The van der Waals surface area contributed by atoms with Crippen LogP contribution in [-0.2, 0) is 9.53 Å². The number of hydrogen-bond donors (Lipinski definition) is 2. The van der Waals surface area contributed by atoms with E-state index >= 15 is 0 Å². The Morgan fingerprint density at radius 1 is 1.56 bits per heavy atom. The smallest absolute Gasteiger partial charge is 0.242 e. The van der Waals surface area contributed by atoms with Crippen molar-refractivity contribution in [2.45, 2.75) is 37.8 Å². The summed E-state index contributed by atoms with van der Waals surface area (Å²) < 4.78 is 4.88. The number of amides is 1. The number of nitrogens with zero attached hydrogens (tertiary/aromatic N) is 1. The van der Waals surface area contributed by atoms with Crippen molar-refractivity contribution in [3.8, 4) is 0 Å². The quantitative estimate of drug-likeness (QED) is 0.658. The Bertz CT molecular complexity index is 217. The zero-order valence-electron chi connectivity index (χ0n) is 9.89. The average molecular weight is 230 g/mol. The molecule has 0 spiro atoms. The Morgan fingerprint density at radius 3 is 2.69 bits per heavy atom. The maximum Gasteiger partial charge on any atom is 0.242 e. The highest BCUT2D eigenvalue weighted by molar-refractivity contribution is 5.82. The van der Waals surface area contributed by atoms with Crippen LogP contribution in [0.1, 0.15) is 25.7 Å². The second-order valence-electron chi connectivity index (χ2n) is 4.26. The zero-order chi connectivity index (χ0) is 12.0. The predicted octanol–water partition coefficient (Wildman–Crippen LogP) is -0.276. The van der Waals surface area contributed by atoms with E-state index in [2.05, 4.69) is 0 Å². The fourth-order valence-electron chi connectivity index (χ4n) is 2.26. The van der Waals surface area contributed by atoms with Crippen LogP contribution < -0.4 is 5.73 Å². The van der Waals surface area contributed by atoms with E-state index in [1.165, 1.54) is 7.11 Å². The summed E-state index contributed by atoms with van der Waals surface area (Å²) in [5.41, 5.74) is 5.73. The summed E-state index contributed by atoms with van der Waals surface area (Å²) in [6, 6.07) is -0.361. The molecular weight excluding hydrogens is 208 g/mol. The highest BCUT2D eigenvalue weighted by Crippen LogP contribution is 2.23. The fourth-order valence-corrected chi connectivity index (χ4v) is 2.26. The minimum Gasteiger partial charge on any atom is -0.395 e. The lowest BCUT2D eigenvalue weighted by Crippen LogP contribution is -2.50. The highest BCUT2D eigenvalue weighted by atomic mass is 16.5. The van der Waals surface area contributed by atoms with Gasteiger partial charge < -0.3 is 20.5 Å². The molecule has 1 rings (SSSR count). The number of nitrogens with two attached hydrogens (primary N) is 1. The van der Waals surface area contributed by atoms with Gasteiger partial charge in [-0.1, -0.05) is 12.8 Å². The van der Waals surface area contributed by atoms with Gasteiger partial charge in [-0.3, -0.25) is 4.79 Å². The Labute approximate surface area is 96.6 Å². The lowest BCUT2D eigenvalue weighted by atomic mass is 10.1. The third-order valence-electron chi connectivity index (χ3n) is 3.05. The molecule has 5 nitrogen and oxygen atoms in total. The molecule has 0 aromatic rings. The number of rotatable bonds is 6. The zero-order valence-corrected chi connectivity index (χ0v) is 9.89. The first kappa shape index (κ1) is 13.4. The first-order valence-corrected chi connectivity index (χ1v) is 5.86. The van der Waals surface area contributed by atoms with Gasteiger partial charge in [-0.2, -0.15) is 0 Å². The van der Waals surface area contributed by atoms with Crippen LogP contribution in [0.3, 0.4) is 0 Å². The summed E-state index contributed by atoms with van der Waals surface area (Å²) in [6.45, 7) is 0.594. The van der Waals surface area contributed by atoms with Crippen LogP contribution in [0.4, 0.5) is 0 Å². The van der Waals surface area contributed by atoms with Crippen molar-refractivity contribution in [1.82, 2.24) is 4.90 Å². The third kappa shape index (κ3) is 3.43. The SMILES string of the molecule is COCC(N)C(=O)N(CCO)C1CCCC1. The normalized spacial score (nSPS) is 18.7. The number of methoxy groups -OCH3 is 1. The number of hydrogen-bond acceptors (Lipinski definition) is 4. The molecule has 1 atom stereocenters. The molecule has 0 heterocycles. The van der Waals surface area contributed by atoms with Crippen LogP contribution in [0.25, 0.3) is 0 Å². The van der Waals surface area contributed by atoms with Crippen LogP contribution in [-0.4, -0.2) is 54.9 Å². The summed E-state index contributed by atoms with van der Waals surface area (Å²) in [4.78, 5) is 13.7. The van der Waals surface area contributed by atoms with Gasteiger partial charge in [0.15, 0.2) is 0 Å². The van der Waals surface area contributed by atoms with Crippen molar-refractivity contribution in [1.29, 1.82) is 0 Å². The topological polar surface area (TPSA) is 75.8 Å². The van der Waals surface area contributed by atoms with Crippen molar-refractivity contribution in [3.05, 3.63) is 0 Å². The van der Waals surface area contributed by atoms with Crippen LogP contribution in [0, 0.1) is 0 Å². The molecule has 0 radical (unpaired) electrons. The molecule has 1 fully saturated rings. The molecule has 0 aromatic heterocycles. The lowest BCUT2D eigenvalue weighted by molar-refractivity contribution is -0.136. The largest absolute Gasteiger partial charge is 0.395 e. The second-order valence-corrected chi connectivity index (χ2v) is 4.26. The molecule has 1 aliphatic carbocycles. The maximum atomic E-state index is 12.0. The number of carbonyl (C=O) groups excluding carboxylic acids is 1. The van der Waals surface area contributed by atoms with Crippen LogP contribution >= 0.6 is 0 Å². The number of carbonyl (C=O) groups is 1. The second kappa shape index (κ2) is 6.83. The van der Waals surface area contributed by atoms with E-state index in [-0.39, 0.29) is 25.2 Å². The van der Waals surface area contributed by atoms with E-state index in [9.17, 15) is 4.79 Å².